The molecule has 2 fully saturated rings. The Morgan fingerprint density at radius 2 is 1.42 bits per heavy atom. The van der Waals surface area contributed by atoms with Crippen molar-refractivity contribution >= 4 is 11.0 Å². The molecule has 2 unspecified atom stereocenters. The van der Waals surface area contributed by atoms with Crippen molar-refractivity contribution in [2.45, 2.75) is 60.7 Å². The first kappa shape index (κ1) is 30.9. The van der Waals surface area contributed by atoms with Crippen LogP contribution >= 0.6 is 0 Å². The van der Waals surface area contributed by atoms with Crippen LogP contribution in [0.5, 0.6) is 28.7 Å². The van der Waals surface area contributed by atoms with Gasteiger partial charge in [0.05, 0.1) is 24.8 Å². The lowest BCUT2D eigenvalue weighted by molar-refractivity contribution is -0.372. The summed E-state index contributed by atoms with van der Waals surface area (Å²) < 4.78 is 22.9. The summed E-state index contributed by atoms with van der Waals surface area (Å²) in [5.41, 5.74) is -3.05. The van der Waals surface area contributed by atoms with Crippen LogP contribution in [0.15, 0.2) is 40.8 Å². The van der Waals surface area contributed by atoms with Crippen LogP contribution in [0, 0.1) is 0 Å². The van der Waals surface area contributed by atoms with Gasteiger partial charge in [0.25, 0.3) is 0 Å². The number of phenolic OH excluding ortho intramolecular Hbond substituents is 4. The first-order valence-corrected chi connectivity index (χ1v) is 13.0. The van der Waals surface area contributed by atoms with Crippen LogP contribution in [0.3, 0.4) is 0 Å². The fraction of sp³-hybridized carbons (Fsp3) is 0.444. The van der Waals surface area contributed by atoms with E-state index in [9.17, 15) is 61.3 Å². The van der Waals surface area contributed by atoms with E-state index in [1.807, 2.05) is 0 Å². The fourth-order valence-corrected chi connectivity index (χ4v) is 5.28. The van der Waals surface area contributed by atoms with Crippen LogP contribution in [0.25, 0.3) is 22.3 Å². The van der Waals surface area contributed by atoms with Gasteiger partial charge in [0.1, 0.15) is 65.7 Å². The zero-order valence-electron chi connectivity index (χ0n) is 22.1. The maximum atomic E-state index is 11.9. The molecule has 2 aliphatic rings. The largest absolute Gasteiger partial charge is 0.507 e. The number of aliphatic hydroxyl groups is 8. The minimum atomic E-state index is -3.00. The van der Waals surface area contributed by atoms with E-state index in [-0.39, 0.29) is 33.8 Å². The molecule has 1 aromatic heterocycles. The van der Waals surface area contributed by atoms with E-state index in [2.05, 4.69) is 0 Å². The zero-order valence-corrected chi connectivity index (χ0v) is 22.1. The minimum absolute atomic E-state index is 0.0431. The molecule has 16 heteroatoms. The molecule has 2 saturated heterocycles. The molecule has 43 heavy (non-hydrogen) atoms. The summed E-state index contributed by atoms with van der Waals surface area (Å²) in [7, 11) is 0. The summed E-state index contributed by atoms with van der Waals surface area (Å²) in [5, 5.41) is 125. The number of aliphatic hydroxyl groups excluding tert-OH is 7. The average Bonchev–Trinajstić information content (AvgIpc) is 2.97. The van der Waals surface area contributed by atoms with Gasteiger partial charge in [-0.05, 0) is 12.1 Å². The molecule has 3 aromatic rings. The maximum absolute atomic E-state index is 11.9. The summed E-state index contributed by atoms with van der Waals surface area (Å²) >= 11 is 0. The van der Waals surface area contributed by atoms with Crippen LogP contribution in [-0.2, 0) is 9.47 Å². The molecule has 16 nitrogen and oxygen atoms in total. The van der Waals surface area contributed by atoms with Gasteiger partial charge in [-0.15, -0.1) is 0 Å². The fourth-order valence-electron chi connectivity index (χ4n) is 5.28. The Bertz CT molecular complexity index is 1480. The lowest BCUT2D eigenvalue weighted by Crippen LogP contribution is -2.77. The average molecular weight is 612 g/mol. The van der Waals surface area contributed by atoms with E-state index in [0.29, 0.717) is 0 Å². The lowest BCUT2D eigenvalue weighted by atomic mass is 9.76. The number of phenols is 4. The summed E-state index contributed by atoms with van der Waals surface area (Å²) in [6.45, 7) is -1.80. The van der Waals surface area contributed by atoms with Crippen LogP contribution in [0.1, 0.15) is 0 Å². The van der Waals surface area contributed by atoms with Gasteiger partial charge in [-0.2, -0.15) is 0 Å². The molecule has 0 bridgehead atoms. The second kappa shape index (κ2) is 11.5. The quantitative estimate of drug-likeness (QED) is 0.102. The summed E-state index contributed by atoms with van der Waals surface area (Å²) in [6, 6.07) is 6.75. The molecule has 2 aliphatic heterocycles. The summed E-state index contributed by atoms with van der Waals surface area (Å²) in [4.78, 5) is 0. The van der Waals surface area contributed by atoms with Crippen molar-refractivity contribution in [2.75, 3.05) is 13.2 Å². The zero-order chi connectivity index (χ0) is 31.4. The predicted molar refractivity (Wildman–Crippen MR) is 140 cm³/mol. The van der Waals surface area contributed by atoms with Gasteiger partial charge in [0.15, 0.2) is 17.1 Å². The van der Waals surface area contributed by atoms with Crippen molar-refractivity contribution in [1.29, 1.82) is 0 Å². The number of hydrogen-bond acceptors (Lipinski definition) is 15. The summed E-state index contributed by atoms with van der Waals surface area (Å²) in [6.07, 6.45) is -17.7. The van der Waals surface area contributed by atoms with Crippen molar-refractivity contribution in [3.05, 3.63) is 36.4 Å². The Balaban J connectivity index is 1.68. The Labute approximate surface area is 241 Å². The molecule has 234 valence electrons. The molecule has 0 aliphatic carbocycles. The molecule has 0 amide bonds. The lowest BCUT2D eigenvalue weighted by Gasteiger charge is -2.54. The van der Waals surface area contributed by atoms with E-state index < -0.39 is 91.2 Å². The van der Waals surface area contributed by atoms with Crippen LogP contribution in [0.2, 0.25) is 0 Å². The topological polar surface area (TPSA) is 282 Å². The van der Waals surface area contributed by atoms with E-state index in [4.69, 9.17) is 18.6 Å². The third-order valence-electron chi connectivity index (χ3n) is 7.67. The highest BCUT2D eigenvalue weighted by molar-refractivity contribution is 5.88. The van der Waals surface area contributed by atoms with Gasteiger partial charge in [-0.1, -0.05) is 0 Å². The number of benzene rings is 2. The monoisotopic (exact) mass is 611 g/mol. The molecule has 0 saturated carbocycles. The molecule has 5 rings (SSSR count). The first-order valence-electron chi connectivity index (χ1n) is 13.0. The van der Waals surface area contributed by atoms with Gasteiger partial charge >= 0.3 is 11.3 Å². The highest BCUT2D eigenvalue weighted by atomic mass is 16.7. The van der Waals surface area contributed by atoms with Crippen molar-refractivity contribution in [2.24, 2.45) is 0 Å². The van der Waals surface area contributed by atoms with Gasteiger partial charge < -0.3 is 75.5 Å². The van der Waals surface area contributed by atoms with E-state index in [1.165, 1.54) is 6.07 Å². The van der Waals surface area contributed by atoms with Gasteiger partial charge in [-0.25, -0.2) is 4.42 Å². The summed E-state index contributed by atoms with van der Waals surface area (Å²) in [5.74, 6) is -2.57. The molecule has 0 radical (unpaired) electrons. The van der Waals surface area contributed by atoms with Gasteiger partial charge in [0, 0.05) is 18.2 Å². The number of aromatic hydroxyl groups is 4. The van der Waals surface area contributed by atoms with Gasteiger partial charge in [-0.3, -0.25) is 0 Å². The second-order valence-corrected chi connectivity index (χ2v) is 10.4. The molecule has 3 heterocycles. The predicted octanol–water partition coefficient (Wildman–Crippen LogP) is -2.41. The molecule has 10 atom stereocenters. The SMILES string of the molecule is OC[C@H]1OC(Oc2cc3c(O)cc(O)cc3[o+]c2-c2ccc(O)c(O)c2)[C@@](O)(C2O[C@H](CO)[C@@H](O)[C@H](O)[C@H]2O)[C@@H](O)[C@@H]1O. The molecule has 0 spiro atoms. The smallest absolute Gasteiger partial charge is 0.402 e. The van der Waals surface area contributed by atoms with Crippen LogP contribution < -0.4 is 4.74 Å². The molecule has 2 aromatic carbocycles. The molecular weight excluding hydrogens is 580 g/mol. The normalized spacial score (nSPS) is 34.7. The van der Waals surface area contributed by atoms with Crippen molar-refractivity contribution in [1.82, 2.24) is 0 Å². The number of hydrogen-bond donors (Lipinski definition) is 12. The van der Waals surface area contributed by atoms with E-state index in [1.54, 1.807) is 0 Å². The third-order valence-corrected chi connectivity index (χ3v) is 7.67. The number of fused-ring (bicyclic) bond motifs is 1. The maximum Gasteiger partial charge on any atom is 0.402 e. The Morgan fingerprint density at radius 1 is 0.744 bits per heavy atom. The van der Waals surface area contributed by atoms with Crippen LogP contribution in [-0.4, -0.2) is 135 Å². The third kappa shape index (κ3) is 5.17. The van der Waals surface area contributed by atoms with E-state index >= 15 is 0 Å². The Kier molecular flexibility index (Phi) is 8.27. The first-order chi connectivity index (χ1) is 20.3. The number of ether oxygens (including phenoxy) is 3. The van der Waals surface area contributed by atoms with Gasteiger partial charge in [0.2, 0.25) is 12.0 Å². The standard InChI is InChI=1S/C27H30O16/c28-7-17-19(34)21(36)22(37)25(41-17)27(39)24(38)20(35)18(8-29)43-26(27)42-16-6-11-13(32)4-10(30)5-15(11)40-23(16)9-1-2-12(31)14(33)3-9/h1-6,17-22,24-26,28-29,34-39H,7-8H2,(H3-,30,31,32,33)/p+1/t17-,18-,19-,20-,21+,22-,24+,25?,26?,27+/m1/s1. The second-order valence-electron chi connectivity index (χ2n) is 10.4. The van der Waals surface area contributed by atoms with E-state index in [0.717, 1.165) is 30.3 Å². The molecule has 12 N–H and O–H groups in total. The van der Waals surface area contributed by atoms with Crippen molar-refractivity contribution in [3.63, 3.8) is 0 Å². The Morgan fingerprint density at radius 3 is 2.07 bits per heavy atom. The minimum Gasteiger partial charge on any atom is -0.507 e. The van der Waals surface area contributed by atoms with Crippen molar-refractivity contribution in [3.8, 4) is 40.1 Å². The highest BCUT2D eigenvalue weighted by Crippen LogP contribution is 2.45. The number of rotatable bonds is 6. The highest BCUT2D eigenvalue weighted by Gasteiger charge is 2.65. The van der Waals surface area contributed by atoms with Crippen molar-refractivity contribution < 1.29 is 79.9 Å². The Hall–Kier alpha value is -3.55. The van der Waals surface area contributed by atoms with Crippen LogP contribution in [0.4, 0.5) is 0 Å². The molecular formula is C27H31O16+.